The van der Waals surface area contributed by atoms with Crippen LogP contribution in [-0.2, 0) is 9.53 Å². The van der Waals surface area contributed by atoms with E-state index >= 15 is 0 Å². The molecule has 6 heteroatoms. The largest absolute Gasteiger partial charge is 0.496 e. The number of rotatable bonds is 6. The van der Waals surface area contributed by atoms with Crippen LogP contribution in [0.25, 0.3) is 0 Å². The van der Waals surface area contributed by atoms with Crippen LogP contribution in [0.2, 0.25) is 0 Å². The van der Waals surface area contributed by atoms with Crippen LogP contribution >= 0.6 is 0 Å². The van der Waals surface area contributed by atoms with Gasteiger partial charge in [-0.25, -0.2) is 4.79 Å². The lowest BCUT2D eigenvalue weighted by Gasteiger charge is -2.21. The van der Waals surface area contributed by atoms with E-state index in [-0.39, 0.29) is 18.6 Å². The molecule has 1 fully saturated rings. The first-order valence-electron chi connectivity index (χ1n) is 9.24. The maximum absolute atomic E-state index is 12.3. The SMILES string of the molecule is COc1cc(C(=O)OCC(=O)NC2CCCCCCC2)cc(OC)c1C. The Bertz CT molecular complexity index is 596. The molecule has 1 aromatic carbocycles. The average molecular weight is 363 g/mol. The van der Waals surface area contributed by atoms with E-state index in [1.54, 1.807) is 12.1 Å². The van der Waals surface area contributed by atoms with Gasteiger partial charge in [-0.1, -0.05) is 32.1 Å². The Labute approximate surface area is 155 Å². The number of amides is 1. The monoisotopic (exact) mass is 363 g/mol. The van der Waals surface area contributed by atoms with Gasteiger partial charge in [-0.3, -0.25) is 4.79 Å². The molecule has 1 N–H and O–H groups in total. The van der Waals surface area contributed by atoms with Gasteiger partial charge in [0.25, 0.3) is 5.91 Å². The fourth-order valence-corrected chi connectivity index (χ4v) is 3.29. The van der Waals surface area contributed by atoms with Crippen molar-refractivity contribution in [1.29, 1.82) is 0 Å². The minimum Gasteiger partial charge on any atom is -0.496 e. The van der Waals surface area contributed by atoms with Gasteiger partial charge >= 0.3 is 5.97 Å². The summed E-state index contributed by atoms with van der Waals surface area (Å²) in [5.74, 6) is 0.245. The molecule has 0 atom stereocenters. The van der Waals surface area contributed by atoms with Gasteiger partial charge in [-0.15, -0.1) is 0 Å². The number of hydrogen-bond acceptors (Lipinski definition) is 5. The topological polar surface area (TPSA) is 73.9 Å². The summed E-state index contributed by atoms with van der Waals surface area (Å²) >= 11 is 0. The number of ether oxygens (including phenoxy) is 3. The summed E-state index contributed by atoms with van der Waals surface area (Å²) in [6.07, 6.45) is 7.97. The lowest BCUT2D eigenvalue weighted by atomic mass is 9.97. The molecule has 1 saturated carbocycles. The molecule has 0 aromatic heterocycles. The Morgan fingerprint density at radius 1 is 1.00 bits per heavy atom. The zero-order valence-electron chi connectivity index (χ0n) is 15.9. The first-order chi connectivity index (χ1) is 12.5. The number of nitrogens with one attached hydrogen (secondary N) is 1. The third-order valence-corrected chi connectivity index (χ3v) is 4.79. The van der Waals surface area contributed by atoms with Gasteiger partial charge < -0.3 is 19.5 Å². The zero-order valence-corrected chi connectivity index (χ0v) is 15.9. The smallest absolute Gasteiger partial charge is 0.338 e. The van der Waals surface area contributed by atoms with Crippen LogP contribution in [0.3, 0.4) is 0 Å². The number of carbonyl (C=O) groups excluding carboxylic acids is 2. The van der Waals surface area contributed by atoms with Crippen LogP contribution in [-0.4, -0.2) is 38.7 Å². The number of carbonyl (C=O) groups is 2. The molecular weight excluding hydrogens is 334 g/mol. The molecule has 144 valence electrons. The molecule has 1 aliphatic carbocycles. The molecule has 0 heterocycles. The third kappa shape index (κ3) is 5.64. The number of esters is 1. The predicted octanol–water partition coefficient (Wildman–Crippen LogP) is 3.40. The van der Waals surface area contributed by atoms with Crippen molar-refractivity contribution in [3.05, 3.63) is 23.3 Å². The van der Waals surface area contributed by atoms with Crippen LogP contribution in [0.1, 0.15) is 60.9 Å². The van der Waals surface area contributed by atoms with Crippen molar-refractivity contribution in [2.24, 2.45) is 0 Å². The summed E-state index contributed by atoms with van der Waals surface area (Å²) in [5.41, 5.74) is 1.09. The lowest BCUT2D eigenvalue weighted by Crippen LogP contribution is -2.38. The molecule has 6 nitrogen and oxygen atoms in total. The Balaban J connectivity index is 1.90. The summed E-state index contributed by atoms with van der Waals surface area (Å²) < 4.78 is 15.7. The van der Waals surface area contributed by atoms with Crippen molar-refractivity contribution in [1.82, 2.24) is 5.32 Å². The molecule has 0 radical (unpaired) electrons. The second-order valence-corrected chi connectivity index (χ2v) is 6.69. The van der Waals surface area contributed by atoms with Crippen molar-refractivity contribution in [3.8, 4) is 11.5 Å². The molecule has 0 unspecified atom stereocenters. The van der Waals surface area contributed by atoms with Crippen molar-refractivity contribution < 1.29 is 23.8 Å². The number of methoxy groups -OCH3 is 2. The maximum Gasteiger partial charge on any atom is 0.338 e. The predicted molar refractivity (Wildman–Crippen MR) is 98.8 cm³/mol. The molecule has 2 rings (SSSR count). The molecule has 0 bridgehead atoms. The number of benzene rings is 1. The highest BCUT2D eigenvalue weighted by Gasteiger charge is 2.18. The highest BCUT2D eigenvalue weighted by Crippen LogP contribution is 2.29. The summed E-state index contributed by atoms with van der Waals surface area (Å²) in [7, 11) is 3.05. The summed E-state index contributed by atoms with van der Waals surface area (Å²) in [4.78, 5) is 24.4. The van der Waals surface area contributed by atoms with Crippen LogP contribution in [0, 0.1) is 6.92 Å². The van der Waals surface area contributed by atoms with E-state index in [4.69, 9.17) is 14.2 Å². The van der Waals surface area contributed by atoms with Gasteiger partial charge in [0.05, 0.1) is 19.8 Å². The van der Waals surface area contributed by atoms with E-state index in [1.165, 1.54) is 33.5 Å². The van der Waals surface area contributed by atoms with Crippen molar-refractivity contribution >= 4 is 11.9 Å². The van der Waals surface area contributed by atoms with Crippen LogP contribution in [0.4, 0.5) is 0 Å². The normalized spacial score (nSPS) is 15.5. The average Bonchev–Trinajstić information content (AvgIpc) is 2.62. The molecule has 0 spiro atoms. The van der Waals surface area contributed by atoms with E-state index in [0.29, 0.717) is 17.1 Å². The highest BCUT2D eigenvalue weighted by atomic mass is 16.5. The highest BCUT2D eigenvalue weighted by molar-refractivity contribution is 5.92. The molecule has 0 aliphatic heterocycles. The quantitative estimate of drug-likeness (QED) is 0.784. The summed E-state index contributed by atoms with van der Waals surface area (Å²) in [6.45, 7) is 1.56. The standard InChI is InChI=1S/C20H29NO5/c1-14-17(24-2)11-15(12-18(14)25-3)20(23)26-13-19(22)21-16-9-7-5-4-6-8-10-16/h11-12,16H,4-10,13H2,1-3H3,(H,21,22). The van der Waals surface area contributed by atoms with Gasteiger partial charge in [-0.2, -0.15) is 0 Å². The van der Waals surface area contributed by atoms with E-state index in [9.17, 15) is 9.59 Å². The molecule has 1 amide bonds. The van der Waals surface area contributed by atoms with Gasteiger partial charge in [-0.05, 0) is 31.9 Å². The van der Waals surface area contributed by atoms with Gasteiger partial charge in [0.15, 0.2) is 6.61 Å². The first-order valence-corrected chi connectivity index (χ1v) is 9.24. The van der Waals surface area contributed by atoms with E-state index in [0.717, 1.165) is 31.2 Å². The maximum atomic E-state index is 12.3. The van der Waals surface area contributed by atoms with Crippen LogP contribution in [0.5, 0.6) is 11.5 Å². The Hall–Kier alpha value is -2.24. The fraction of sp³-hybridized carbons (Fsp3) is 0.600. The Morgan fingerprint density at radius 3 is 2.08 bits per heavy atom. The summed E-state index contributed by atoms with van der Waals surface area (Å²) in [6, 6.07) is 3.36. The van der Waals surface area contributed by atoms with Crippen LogP contribution < -0.4 is 14.8 Å². The Kier molecular flexibility index (Phi) is 7.75. The first kappa shape index (κ1) is 20.1. The van der Waals surface area contributed by atoms with Crippen LogP contribution in [0.15, 0.2) is 12.1 Å². The second-order valence-electron chi connectivity index (χ2n) is 6.69. The third-order valence-electron chi connectivity index (χ3n) is 4.79. The minimum absolute atomic E-state index is 0.182. The lowest BCUT2D eigenvalue weighted by molar-refractivity contribution is -0.125. The van der Waals surface area contributed by atoms with Crippen molar-refractivity contribution in [2.45, 2.75) is 57.9 Å². The minimum atomic E-state index is -0.575. The van der Waals surface area contributed by atoms with Gasteiger partial charge in [0, 0.05) is 11.6 Å². The summed E-state index contributed by atoms with van der Waals surface area (Å²) in [5, 5.41) is 2.98. The molecule has 1 aromatic rings. The van der Waals surface area contributed by atoms with E-state index in [1.807, 2.05) is 6.92 Å². The second kappa shape index (κ2) is 10.0. The van der Waals surface area contributed by atoms with Crippen molar-refractivity contribution in [2.75, 3.05) is 20.8 Å². The zero-order chi connectivity index (χ0) is 18.9. The van der Waals surface area contributed by atoms with Crippen molar-refractivity contribution in [3.63, 3.8) is 0 Å². The van der Waals surface area contributed by atoms with Gasteiger partial charge in [0.1, 0.15) is 11.5 Å². The van der Waals surface area contributed by atoms with E-state index in [2.05, 4.69) is 5.32 Å². The Morgan fingerprint density at radius 2 is 1.54 bits per heavy atom. The number of hydrogen-bond donors (Lipinski definition) is 1. The molecule has 0 saturated heterocycles. The fourth-order valence-electron chi connectivity index (χ4n) is 3.29. The van der Waals surface area contributed by atoms with E-state index < -0.39 is 5.97 Å². The molecule has 1 aliphatic rings. The molecule has 26 heavy (non-hydrogen) atoms. The van der Waals surface area contributed by atoms with Gasteiger partial charge in [0.2, 0.25) is 0 Å². The molecular formula is C20H29NO5.